The maximum atomic E-state index is 13.3. The van der Waals surface area contributed by atoms with Crippen LogP contribution in [0.15, 0.2) is 71.9 Å². The number of ether oxygens (including phenoxy) is 1. The normalized spacial score (nSPS) is 11.2. The standard InChI is InChI=1S/C25H23F2N3O2.H2/c1-17-23(25(31)30-16-18-12-19(26)14-20(27)13-18)7-5-8-24(17)32-22-9-11-29-21(15-22)6-3-4-10-28-2;/h3-5,7-15H,6,16H2,1-2H3,(H,30,31);1H/b4-3-,28-10?;. The third-order valence-electron chi connectivity index (χ3n) is 4.62. The van der Waals surface area contributed by atoms with Gasteiger partial charge in [-0.25, -0.2) is 8.78 Å². The minimum atomic E-state index is -0.688. The van der Waals surface area contributed by atoms with Crippen molar-refractivity contribution in [2.24, 2.45) is 4.99 Å². The Bertz CT molecular complexity index is 1150. The summed E-state index contributed by atoms with van der Waals surface area (Å²) in [5, 5.41) is 2.69. The van der Waals surface area contributed by atoms with Crippen molar-refractivity contribution in [3.8, 4) is 11.5 Å². The van der Waals surface area contributed by atoms with E-state index in [4.69, 9.17) is 4.74 Å². The SMILES string of the molecule is CN=C/C=C\Cc1cc(Oc2cccc(C(=O)NCc3cc(F)cc(F)c3)c2C)ccn1.[HH]. The summed E-state index contributed by atoms with van der Waals surface area (Å²) in [5.41, 5.74) is 2.23. The third kappa shape index (κ3) is 6.31. The van der Waals surface area contributed by atoms with Gasteiger partial charge in [0, 0.05) is 62.8 Å². The van der Waals surface area contributed by atoms with Gasteiger partial charge in [-0.05, 0) is 48.9 Å². The van der Waals surface area contributed by atoms with Crippen molar-refractivity contribution in [1.82, 2.24) is 10.3 Å². The summed E-state index contributed by atoms with van der Waals surface area (Å²) in [7, 11) is 1.70. The number of amides is 1. The molecule has 1 heterocycles. The van der Waals surface area contributed by atoms with E-state index in [0.29, 0.717) is 34.6 Å². The van der Waals surface area contributed by atoms with Crippen LogP contribution < -0.4 is 10.1 Å². The summed E-state index contributed by atoms with van der Waals surface area (Å²) < 4.78 is 32.7. The highest BCUT2D eigenvalue weighted by atomic mass is 19.1. The van der Waals surface area contributed by atoms with E-state index in [-0.39, 0.29) is 13.9 Å². The molecule has 0 saturated carbocycles. The number of rotatable bonds is 8. The third-order valence-corrected chi connectivity index (χ3v) is 4.62. The first-order valence-corrected chi connectivity index (χ1v) is 9.99. The molecule has 1 N–H and O–H groups in total. The number of pyridine rings is 1. The van der Waals surface area contributed by atoms with Crippen LogP contribution in [0.4, 0.5) is 8.78 Å². The Morgan fingerprint density at radius 2 is 1.97 bits per heavy atom. The number of aliphatic imine (C=N–C) groups is 1. The average Bonchev–Trinajstić information content (AvgIpc) is 2.76. The molecule has 3 rings (SSSR count). The second-order valence-corrected chi connectivity index (χ2v) is 7.01. The molecular weight excluding hydrogens is 412 g/mol. The first-order valence-electron chi connectivity index (χ1n) is 9.99. The van der Waals surface area contributed by atoms with Crippen LogP contribution in [0.3, 0.4) is 0 Å². The zero-order chi connectivity index (χ0) is 22.9. The number of carbonyl (C=O) groups is 1. The van der Waals surface area contributed by atoms with E-state index >= 15 is 0 Å². The Morgan fingerprint density at radius 3 is 2.72 bits per heavy atom. The maximum Gasteiger partial charge on any atom is 0.251 e. The lowest BCUT2D eigenvalue weighted by atomic mass is 10.1. The van der Waals surface area contributed by atoms with Crippen LogP contribution in [0, 0.1) is 18.6 Å². The highest BCUT2D eigenvalue weighted by molar-refractivity contribution is 5.96. The van der Waals surface area contributed by atoms with Crippen molar-refractivity contribution >= 4 is 12.1 Å². The van der Waals surface area contributed by atoms with Gasteiger partial charge < -0.3 is 10.1 Å². The van der Waals surface area contributed by atoms with Gasteiger partial charge in [0.1, 0.15) is 23.1 Å². The number of halogens is 2. The summed E-state index contributed by atoms with van der Waals surface area (Å²) in [5.74, 6) is -0.613. The van der Waals surface area contributed by atoms with Crippen LogP contribution in [-0.2, 0) is 13.0 Å². The number of nitrogens with zero attached hydrogens (tertiary/aromatic N) is 2. The molecule has 0 radical (unpaired) electrons. The molecule has 1 amide bonds. The van der Waals surface area contributed by atoms with E-state index in [9.17, 15) is 13.6 Å². The largest absolute Gasteiger partial charge is 0.457 e. The monoisotopic (exact) mass is 437 g/mol. The van der Waals surface area contributed by atoms with Crippen LogP contribution in [0.1, 0.15) is 28.6 Å². The minimum Gasteiger partial charge on any atom is -0.457 e. The molecule has 0 aliphatic carbocycles. The highest BCUT2D eigenvalue weighted by Gasteiger charge is 2.13. The van der Waals surface area contributed by atoms with E-state index in [1.807, 2.05) is 18.2 Å². The average molecular weight is 437 g/mol. The number of hydrogen-bond donors (Lipinski definition) is 1. The van der Waals surface area contributed by atoms with E-state index in [1.54, 1.807) is 50.6 Å². The molecule has 5 nitrogen and oxygen atoms in total. The van der Waals surface area contributed by atoms with Gasteiger partial charge in [-0.15, -0.1) is 0 Å². The van der Waals surface area contributed by atoms with Crippen molar-refractivity contribution in [3.05, 3.63) is 101 Å². The maximum absolute atomic E-state index is 13.3. The summed E-state index contributed by atoms with van der Waals surface area (Å²) in [4.78, 5) is 20.9. The molecule has 0 fully saturated rings. The van der Waals surface area contributed by atoms with E-state index in [1.165, 1.54) is 12.1 Å². The fraction of sp³-hybridized carbons (Fsp3) is 0.160. The molecule has 2 aromatic carbocycles. The van der Waals surface area contributed by atoms with Gasteiger partial charge >= 0.3 is 0 Å². The van der Waals surface area contributed by atoms with Crippen LogP contribution in [-0.4, -0.2) is 24.2 Å². The van der Waals surface area contributed by atoms with Crippen molar-refractivity contribution < 1.29 is 19.7 Å². The van der Waals surface area contributed by atoms with Crippen molar-refractivity contribution in [3.63, 3.8) is 0 Å². The zero-order valence-corrected chi connectivity index (χ0v) is 17.8. The molecule has 0 atom stereocenters. The molecule has 7 heteroatoms. The second-order valence-electron chi connectivity index (χ2n) is 7.01. The number of benzene rings is 2. The Balaban J connectivity index is 0.00000385. The van der Waals surface area contributed by atoms with Crippen molar-refractivity contribution in [1.29, 1.82) is 0 Å². The number of hydrogen-bond acceptors (Lipinski definition) is 4. The summed E-state index contributed by atoms with van der Waals surface area (Å²) in [6.45, 7) is 1.78. The van der Waals surface area contributed by atoms with Gasteiger partial charge in [-0.3, -0.25) is 14.8 Å². The van der Waals surface area contributed by atoms with Gasteiger partial charge in [-0.1, -0.05) is 12.1 Å². The van der Waals surface area contributed by atoms with Gasteiger partial charge in [0.25, 0.3) is 5.91 Å². The minimum absolute atomic E-state index is 0. The molecule has 1 aromatic heterocycles. The van der Waals surface area contributed by atoms with Gasteiger partial charge in [0.2, 0.25) is 0 Å². The zero-order valence-electron chi connectivity index (χ0n) is 17.8. The lowest BCUT2D eigenvalue weighted by Gasteiger charge is -2.13. The molecule has 0 aliphatic rings. The molecule has 32 heavy (non-hydrogen) atoms. The Hall–Kier alpha value is -3.87. The number of nitrogens with one attached hydrogen (secondary N) is 1. The number of allylic oxidation sites excluding steroid dienone is 2. The quantitative estimate of drug-likeness (QED) is 0.478. The number of carbonyl (C=O) groups excluding carboxylic acids is 1. The van der Waals surface area contributed by atoms with Gasteiger partial charge in [-0.2, -0.15) is 0 Å². The Morgan fingerprint density at radius 1 is 1.19 bits per heavy atom. The Kier molecular flexibility index (Phi) is 7.80. The fourth-order valence-corrected chi connectivity index (χ4v) is 3.06. The second kappa shape index (κ2) is 10.9. The first kappa shape index (κ1) is 22.8. The van der Waals surface area contributed by atoms with Crippen LogP contribution >= 0.6 is 0 Å². The van der Waals surface area contributed by atoms with Gasteiger partial charge in [0.15, 0.2) is 0 Å². The molecule has 166 valence electrons. The fourth-order valence-electron chi connectivity index (χ4n) is 3.06. The van der Waals surface area contributed by atoms with E-state index in [0.717, 1.165) is 11.8 Å². The molecule has 0 bridgehead atoms. The van der Waals surface area contributed by atoms with Crippen molar-refractivity contribution in [2.45, 2.75) is 19.9 Å². The smallest absolute Gasteiger partial charge is 0.251 e. The molecule has 3 aromatic rings. The molecular formula is C25H25F2N3O2. The lowest BCUT2D eigenvalue weighted by molar-refractivity contribution is 0.0950. The number of aromatic nitrogens is 1. The summed E-state index contributed by atoms with van der Waals surface area (Å²) in [6.07, 6.45) is 7.78. The topological polar surface area (TPSA) is 63.6 Å². The van der Waals surface area contributed by atoms with Crippen LogP contribution in [0.5, 0.6) is 11.5 Å². The Labute approximate surface area is 187 Å². The van der Waals surface area contributed by atoms with Gasteiger partial charge in [0.05, 0.1) is 0 Å². The first-order chi connectivity index (χ1) is 15.5. The van der Waals surface area contributed by atoms with E-state index in [2.05, 4.69) is 15.3 Å². The summed E-state index contributed by atoms with van der Waals surface area (Å²) >= 11 is 0. The molecule has 0 saturated heterocycles. The molecule has 0 spiro atoms. The van der Waals surface area contributed by atoms with Crippen molar-refractivity contribution in [2.75, 3.05) is 7.05 Å². The van der Waals surface area contributed by atoms with Crippen LogP contribution in [0.25, 0.3) is 0 Å². The summed E-state index contributed by atoms with van der Waals surface area (Å²) in [6, 6.07) is 11.9. The molecule has 0 aliphatic heterocycles. The van der Waals surface area contributed by atoms with Crippen LogP contribution in [0.2, 0.25) is 0 Å². The predicted molar refractivity (Wildman–Crippen MR) is 122 cm³/mol. The predicted octanol–water partition coefficient (Wildman–Crippen LogP) is 5.44. The highest BCUT2D eigenvalue weighted by Crippen LogP contribution is 2.27. The lowest BCUT2D eigenvalue weighted by Crippen LogP contribution is -2.23. The molecule has 0 unspecified atom stereocenters. The van der Waals surface area contributed by atoms with E-state index < -0.39 is 11.6 Å².